The quantitative estimate of drug-likeness (QED) is 0.504. The molecule has 1 aromatic carbocycles. The topological polar surface area (TPSA) is 154 Å². The highest BCUT2D eigenvalue weighted by Gasteiger charge is 2.50. The molecular formula is C22H23N5O6. The molecule has 33 heavy (non-hydrogen) atoms. The van der Waals surface area contributed by atoms with Crippen LogP contribution in [0.5, 0.6) is 5.75 Å². The number of anilines is 1. The number of carbonyl (C=O) groups excluding carboxylic acids is 1. The summed E-state index contributed by atoms with van der Waals surface area (Å²) in [7, 11) is 1.59. The van der Waals surface area contributed by atoms with Crippen molar-refractivity contribution in [2.75, 3.05) is 26.1 Å². The van der Waals surface area contributed by atoms with E-state index in [2.05, 4.69) is 16.2 Å². The molecule has 0 radical (unpaired) electrons. The van der Waals surface area contributed by atoms with E-state index in [0.29, 0.717) is 17.6 Å². The van der Waals surface area contributed by atoms with Gasteiger partial charge in [0.25, 0.3) is 0 Å². The van der Waals surface area contributed by atoms with Crippen molar-refractivity contribution < 1.29 is 28.8 Å². The number of rotatable bonds is 7. The Morgan fingerprint density at radius 2 is 2.12 bits per heavy atom. The van der Waals surface area contributed by atoms with Gasteiger partial charge in [0.05, 0.1) is 25.5 Å². The van der Waals surface area contributed by atoms with Gasteiger partial charge >= 0.3 is 6.16 Å². The molecule has 0 amide bonds. The second-order valence-corrected chi connectivity index (χ2v) is 7.54. The van der Waals surface area contributed by atoms with E-state index in [1.54, 1.807) is 19.2 Å². The van der Waals surface area contributed by atoms with Crippen molar-refractivity contribution in [3.05, 3.63) is 54.0 Å². The smallest absolute Gasteiger partial charge is 0.497 e. The number of carbonyl (C=O) groups is 1. The summed E-state index contributed by atoms with van der Waals surface area (Å²) in [5, 5.41) is 24.5. The van der Waals surface area contributed by atoms with Crippen molar-refractivity contribution in [1.29, 1.82) is 5.26 Å². The lowest BCUT2D eigenvalue weighted by Crippen LogP contribution is -2.30. The molecule has 3 heterocycles. The van der Waals surface area contributed by atoms with E-state index < -0.39 is 24.0 Å². The fourth-order valence-electron chi connectivity index (χ4n) is 3.75. The number of hydrogen-bond acceptors (Lipinski definition) is 10. The number of methoxy groups -OCH3 is 1. The van der Waals surface area contributed by atoms with Crippen molar-refractivity contribution in [3.63, 3.8) is 0 Å². The second-order valence-electron chi connectivity index (χ2n) is 7.54. The van der Waals surface area contributed by atoms with Gasteiger partial charge in [0, 0.05) is 12.8 Å². The molecule has 3 atom stereocenters. The predicted molar refractivity (Wildman–Crippen MR) is 114 cm³/mol. The lowest BCUT2D eigenvalue weighted by atomic mass is 9.96. The van der Waals surface area contributed by atoms with Crippen LogP contribution in [-0.2, 0) is 26.2 Å². The molecule has 172 valence electrons. The van der Waals surface area contributed by atoms with Crippen LogP contribution in [0, 0.1) is 11.3 Å². The van der Waals surface area contributed by atoms with Crippen LogP contribution >= 0.6 is 0 Å². The zero-order chi connectivity index (χ0) is 23.4. The molecule has 2 aromatic heterocycles. The molecular weight excluding hydrogens is 430 g/mol. The molecule has 1 aliphatic heterocycles. The SMILES string of the molecule is COc1ccc(CCOC(=O)OC[C@H]2O[C@@](C#N)(c3ccc4c(N)ncnn34)C[C@@H]2O)cc1. The molecule has 1 aliphatic rings. The molecule has 3 aromatic rings. The van der Waals surface area contributed by atoms with E-state index in [-0.39, 0.29) is 25.5 Å². The highest BCUT2D eigenvalue weighted by atomic mass is 16.7. The molecule has 1 saturated heterocycles. The molecule has 0 saturated carbocycles. The normalized spacial score (nSPS) is 22.1. The Morgan fingerprint density at radius 1 is 1.33 bits per heavy atom. The first-order valence-electron chi connectivity index (χ1n) is 10.2. The van der Waals surface area contributed by atoms with Gasteiger partial charge < -0.3 is 29.8 Å². The summed E-state index contributed by atoms with van der Waals surface area (Å²) in [6.45, 7) is -0.148. The van der Waals surface area contributed by atoms with Crippen LogP contribution in [0.15, 0.2) is 42.7 Å². The van der Waals surface area contributed by atoms with Gasteiger partial charge in [-0.3, -0.25) is 0 Å². The third-order valence-electron chi connectivity index (χ3n) is 5.49. The van der Waals surface area contributed by atoms with Gasteiger partial charge in [0.2, 0.25) is 0 Å². The van der Waals surface area contributed by atoms with Crippen LogP contribution in [-0.4, -0.2) is 58.4 Å². The Balaban J connectivity index is 1.33. The minimum absolute atomic E-state index is 0.0277. The highest BCUT2D eigenvalue weighted by molar-refractivity contribution is 5.66. The Kier molecular flexibility index (Phi) is 6.30. The third kappa shape index (κ3) is 4.52. The van der Waals surface area contributed by atoms with Crippen LogP contribution in [0.25, 0.3) is 5.52 Å². The minimum Gasteiger partial charge on any atom is -0.497 e. The molecule has 0 unspecified atom stereocenters. The van der Waals surface area contributed by atoms with Crippen LogP contribution in [0.2, 0.25) is 0 Å². The van der Waals surface area contributed by atoms with Gasteiger partial charge in [-0.15, -0.1) is 0 Å². The molecule has 3 N–H and O–H groups in total. The Labute approximate surface area is 189 Å². The number of hydrogen-bond donors (Lipinski definition) is 2. The lowest BCUT2D eigenvalue weighted by Gasteiger charge is -2.21. The molecule has 0 bridgehead atoms. The lowest BCUT2D eigenvalue weighted by molar-refractivity contribution is -0.0637. The maximum absolute atomic E-state index is 12.0. The number of aliphatic hydroxyl groups excluding tert-OH is 1. The largest absolute Gasteiger partial charge is 0.508 e. The third-order valence-corrected chi connectivity index (χ3v) is 5.49. The molecule has 1 fully saturated rings. The number of nitrogens with two attached hydrogens (primary N) is 1. The van der Waals surface area contributed by atoms with Gasteiger partial charge in [-0.05, 0) is 29.8 Å². The van der Waals surface area contributed by atoms with Crippen molar-refractivity contribution in [2.45, 2.75) is 30.7 Å². The number of nitrogen functional groups attached to an aromatic ring is 1. The van der Waals surface area contributed by atoms with Gasteiger partial charge in [0.1, 0.15) is 36.4 Å². The average molecular weight is 453 g/mol. The minimum atomic E-state index is -1.49. The zero-order valence-corrected chi connectivity index (χ0v) is 17.9. The number of fused-ring (bicyclic) bond motifs is 1. The first-order valence-corrected chi connectivity index (χ1v) is 10.2. The summed E-state index contributed by atoms with van der Waals surface area (Å²) in [5.41, 5.74) is 6.26. The number of aromatic nitrogens is 3. The summed E-state index contributed by atoms with van der Waals surface area (Å²) in [6.07, 6.45) is -1.09. The average Bonchev–Trinajstić information content (AvgIpc) is 3.41. The van der Waals surface area contributed by atoms with Crippen molar-refractivity contribution in [2.24, 2.45) is 0 Å². The summed E-state index contributed by atoms with van der Waals surface area (Å²) < 4.78 is 22.6. The zero-order valence-electron chi connectivity index (χ0n) is 17.9. The summed E-state index contributed by atoms with van der Waals surface area (Å²) >= 11 is 0. The van der Waals surface area contributed by atoms with E-state index in [0.717, 1.165) is 11.3 Å². The van der Waals surface area contributed by atoms with E-state index in [1.807, 2.05) is 24.3 Å². The summed E-state index contributed by atoms with van der Waals surface area (Å²) in [6, 6.07) is 12.8. The molecule has 11 nitrogen and oxygen atoms in total. The van der Waals surface area contributed by atoms with E-state index >= 15 is 0 Å². The fourth-order valence-corrected chi connectivity index (χ4v) is 3.75. The number of aliphatic hydroxyl groups is 1. The molecule has 0 aliphatic carbocycles. The van der Waals surface area contributed by atoms with E-state index in [4.69, 9.17) is 24.7 Å². The van der Waals surface area contributed by atoms with Crippen molar-refractivity contribution in [3.8, 4) is 11.8 Å². The molecule has 0 spiro atoms. The standard InChI is InChI=1S/C22H23N5O6/c1-30-15-4-2-14(3-5-15)8-9-31-21(29)32-11-18-17(28)10-22(12-23,33-18)19-7-6-16-20(24)25-13-26-27(16)19/h2-7,13,17-18,28H,8-11H2,1H3,(H2,24,25,26)/t17-,18+,22-/m0/s1. The van der Waals surface area contributed by atoms with E-state index in [1.165, 1.54) is 10.8 Å². The first kappa shape index (κ1) is 22.3. The monoisotopic (exact) mass is 453 g/mol. The summed E-state index contributed by atoms with van der Waals surface area (Å²) in [4.78, 5) is 15.9. The maximum Gasteiger partial charge on any atom is 0.508 e. The van der Waals surface area contributed by atoms with Gasteiger partial charge in [-0.25, -0.2) is 14.3 Å². The molecule has 11 heteroatoms. The number of ether oxygens (including phenoxy) is 4. The Hall–Kier alpha value is -3.88. The number of nitrogens with zero attached hydrogens (tertiary/aromatic N) is 4. The highest BCUT2D eigenvalue weighted by Crippen LogP contribution is 2.40. The van der Waals surface area contributed by atoms with Gasteiger partial charge in [0.15, 0.2) is 11.4 Å². The van der Waals surface area contributed by atoms with Crippen LogP contribution in [0.3, 0.4) is 0 Å². The Morgan fingerprint density at radius 3 is 2.85 bits per heavy atom. The maximum atomic E-state index is 12.0. The van der Waals surface area contributed by atoms with Crippen LogP contribution in [0.4, 0.5) is 10.6 Å². The van der Waals surface area contributed by atoms with E-state index in [9.17, 15) is 15.2 Å². The second kappa shape index (κ2) is 9.32. The van der Waals surface area contributed by atoms with Gasteiger partial charge in [-0.1, -0.05) is 12.1 Å². The van der Waals surface area contributed by atoms with Crippen molar-refractivity contribution in [1.82, 2.24) is 14.6 Å². The summed E-state index contributed by atoms with van der Waals surface area (Å²) in [5.74, 6) is 0.992. The Bertz CT molecular complexity index is 1170. The number of nitriles is 1. The van der Waals surface area contributed by atoms with Crippen LogP contribution < -0.4 is 10.5 Å². The predicted octanol–water partition coefficient (Wildman–Crippen LogP) is 1.58. The van der Waals surface area contributed by atoms with Gasteiger partial charge in [-0.2, -0.15) is 10.4 Å². The fraction of sp³-hybridized carbons (Fsp3) is 0.364. The first-order chi connectivity index (χ1) is 16.0. The molecule has 4 rings (SSSR count). The van der Waals surface area contributed by atoms with Crippen LogP contribution in [0.1, 0.15) is 17.7 Å². The van der Waals surface area contributed by atoms with Crippen molar-refractivity contribution >= 4 is 17.5 Å². The number of benzene rings is 1.